The average molecular weight is 319 g/mol. The first-order chi connectivity index (χ1) is 8.01. The molecule has 0 bridgehead atoms. The van der Waals surface area contributed by atoms with Gasteiger partial charge in [0.2, 0.25) is 5.91 Å². The number of rotatable bonds is 6. The van der Waals surface area contributed by atoms with Gasteiger partial charge < -0.3 is 11.1 Å². The van der Waals surface area contributed by atoms with Crippen molar-refractivity contribution in [2.75, 3.05) is 6.54 Å². The fourth-order valence-electron chi connectivity index (χ4n) is 1.67. The van der Waals surface area contributed by atoms with E-state index in [0.29, 0.717) is 18.9 Å². The lowest BCUT2D eigenvalue weighted by Gasteiger charge is -2.18. The number of hydrogen-bond donors (Lipinski definition) is 2. The Morgan fingerprint density at radius 2 is 2.24 bits per heavy atom. The van der Waals surface area contributed by atoms with Crippen molar-refractivity contribution >= 4 is 33.2 Å². The summed E-state index contributed by atoms with van der Waals surface area (Å²) in [6.45, 7) is 4.76. The molecule has 0 aromatic carbocycles. The third-order valence-electron chi connectivity index (χ3n) is 2.37. The van der Waals surface area contributed by atoms with Crippen molar-refractivity contribution in [3.8, 4) is 0 Å². The first kappa shape index (κ1) is 14.7. The van der Waals surface area contributed by atoms with Crippen LogP contribution in [0.15, 0.2) is 15.9 Å². The Morgan fingerprint density at radius 1 is 1.53 bits per heavy atom. The SMILES string of the molecule is CC(C)CC(CN)NC(=O)Cc1ccc(Br)s1. The first-order valence-electron chi connectivity index (χ1n) is 5.75. The number of hydrogen-bond acceptors (Lipinski definition) is 3. The van der Waals surface area contributed by atoms with Crippen molar-refractivity contribution in [1.29, 1.82) is 0 Å². The highest BCUT2D eigenvalue weighted by Gasteiger charge is 2.13. The topological polar surface area (TPSA) is 55.1 Å². The van der Waals surface area contributed by atoms with Crippen LogP contribution in [0.2, 0.25) is 0 Å². The highest BCUT2D eigenvalue weighted by molar-refractivity contribution is 9.11. The van der Waals surface area contributed by atoms with E-state index in [0.717, 1.165) is 15.1 Å². The predicted octanol–water partition coefficient (Wildman–Crippen LogP) is 2.54. The van der Waals surface area contributed by atoms with Crippen LogP contribution < -0.4 is 11.1 Å². The van der Waals surface area contributed by atoms with Crippen LogP contribution in [0.25, 0.3) is 0 Å². The van der Waals surface area contributed by atoms with Crippen LogP contribution in [0, 0.1) is 5.92 Å². The zero-order chi connectivity index (χ0) is 12.8. The molecule has 0 saturated heterocycles. The van der Waals surface area contributed by atoms with E-state index in [9.17, 15) is 4.79 Å². The Morgan fingerprint density at radius 3 is 2.71 bits per heavy atom. The van der Waals surface area contributed by atoms with Crippen LogP contribution in [-0.4, -0.2) is 18.5 Å². The molecule has 1 atom stereocenters. The van der Waals surface area contributed by atoms with Gasteiger partial charge in [0.15, 0.2) is 0 Å². The lowest BCUT2D eigenvalue weighted by atomic mass is 10.0. The third kappa shape index (κ3) is 5.66. The summed E-state index contributed by atoms with van der Waals surface area (Å²) in [6, 6.07) is 4.02. The van der Waals surface area contributed by atoms with Gasteiger partial charge >= 0.3 is 0 Å². The Labute approximate surface area is 115 Å². The van der Waals surface area contributed by atoms with Crippen LogP contribution in [0.3, 0.4) is 0 Å². The second kappa shape index (κ2) is 7.13. The average Bonchev–Trinajstić information content (AvgIpc) is 2.62. The molecule has 5 heteroatoms. The van der Waals surface area contributed by atoms with Crippen LogP contribution in [0.5, 0.6) is 0 Å². The minimum Gasteiger partial charge on any atom is -0.352 e. The maximum Gasteiger partial charge on any atom is 0.225 e. The second-order valence-electron chi connectivity index (χ2n) is 4.51. The summed E-state index contributed by atoms with van der Waals surface area (Å²) in [5.41, 5.74) is 5.65. The number of nitrogens with two attached hydrogens (primary N) is 1. The van der Waals surface area contributed by atoms with Crippen molar-refractivity contribution in [2.45, 2.75) is 32.7 Å². The van der Waals surface area contributed by atoms with E-state index >= 15 is 0 Å². The summed E-state index contributed by atoms with van der Waals surface area (Å²) in [7, 11) is 0. The quantitative estimate of drug-likeness (QED) is 0.847. The van der Waals surface area contributed by atoms with E-state index in [1.165, 1.54) is 0 Å². The molecule has 1 aromatic rings. The minimum atomic E-state index is 0.0513. The molecule has 0 saturated carbocycles. The second-order valence-corrected chi connectivity index (χ2v) is 7.06. The molecule has 1 amide bonds. The van der Waals surface area contributed by atoms with Gasteiger partial charge in [-0.1, -0.05) is 13.8 Å². The zero-order valence-electron chi connectivity index (χ0n) is 10.2. The molecule has 0 radical (unpaired) electrons. The van der Waals surface area contributed by atoms with E-state index in [1.54, 1.807) is 11.3 Å². The van der Waals surface area contributed by atoms with Crippen LogP contribution in [0.1, 0.15) is 25.1 Å². The van der Waals surface area contributed by atoms with Crippen LogP contribution in [-0.2, 0) is 11.2 Å². The maximum absolute atomic E-state index is 11.8. The molecule has 1 rings (SSSR count). The molecule has 1 heterocycles. The highest BCUT2D eigenvalue weighted by atomic mass is 79.9. The largest absolute Gasteiger partial charge is 0.352 e. The predicted molar refractivity (Wildman–Crippen MR) is 76.2 cm³/mol. The van der Waals surface area contributed by atoms with Gasteiger partial charge in [-0.15, -0.1) is 11.3 Å². The number of halogens is 1. The maximum atomic E-state index is 11.8. The van der Waals surface area contributed by atoms with Gasteiger partial charge in [-0.3, -0.25) is 4.79 Å². The van der Waals surface area contributed by atoms with Crippen molar-refractivity contribution in [1.82, 2.24) is 5.32 Å². The number of carbonyl (C=O) groups excluding carboxylic acids is 1. The Hall–Kier alpha value is -0.390. The number of amides is 1. The lowest BCUT2D eigenvalue weighted by molar-refractivity contribution is -0.121. The van der Waals surface area contributed by atoms with Gasteiger partial charge in [-0.2, -0.15) is 0 Å². The molecule has 96 valence electrons. The Bertz CT molecular complexity index is 365. The molecule has 0 fully saturated rings. The van der Waals surface area contributed by atoms with Crippen molar-refractivity contribution in [3.05, 3.63) is 20.8 Å². The molecular formula is C12H19BrN2OS. The van der Waals surface area contributed by atoms with Gasteiger partial charge in [0, 0.05) is 17.5 Å². The van der Waals surface area contributed by atoms with E-state index in [4.69, 9.17) is 5.73 Å². The molecule has 0 aliphatic heterocycles. The van der Waals surface area contributed by atoms with Gasteiger partial charge in [0.1, 0.15) is 0 Å². The summed E-state index contributed by atoms with van der Waals surface area (Å²) in [4.78, 5) is 12.9. The van der Waals surface area contributed by atoms with Crippen molar-refractivity contribution in [3.63, 3.8) is 0 Å². The molecule has 0 spiro atoms. The van der Waals surface area contributed by atoms with E-state index in [2.05, 4.69) is 35.1 Å². The molecule has 0 aliphatic rings. The van der Waals surface area contributed by atoms with Crippen molar-refractivity contribution in [2.24, 2.45) is 11.7 Å². The van der Waals surface area contributed by atoms with Crippen LogP contribution >= 0.6 is 27.3 Å². The fourth-order valence-corrected chi connectivity index (χ4v) is 3.15. The van der Waals surface area contributed by atoms with Gasteiger partial charge in [-0.25, -0.2) is 0 Å². The molecule has 1 aromatic heterocycles. The fraction of sp³-hybridized carbons (Fsp3) is 0.583. The van der Waals surface area contributed by atoms with Gasteiger partial charge in [-0.05, 0) is 40.4 Å². The van der Waals surface area contributed by atoms with E-state index in [-0.39, 0.29) is 11.9 Å². The molecule has 1 unspecified atom stereocenters. The van der Waals surface area contributed by atoms with Crippen LogP contribution in [0.4, 0.5) is 0 Å². The summed E-state index contributed by atoms with van der Waals surface area (Å²) in [5, 5.41) is 2.98. The summed E-state index contributed by atoms with van der Waals surface area (Å²) in [6.07, 6.45) is 1.36. The lowest BCUT2D eigenvalue weighted by Crippen LogP contribution is -2.41. The van der Waals surface area contributed by atoms with E-state index < -0.39 is 0 Å². The molecule has 17 heavy (non-hydrogen) atoms. The summed E-state index contributed by atoms with van der Waals surface area (Å²) >= 11 is 4.98. The number of thiophene rings is 1. The minimum absolute atomic E-state index is 0.0513. The molecule has 0 aliphatic carbocycles. The summed E-state index contributed by atoms with van der Waals surface area (Å²) < 4.78 is 1.05. The normalized spacial score (nSPS) is 12.8. The first-order valence-corrected chi connectivity index (χ1v) is 7.36. The highest BCUT2D eigenvalue weighted by Crippen LogP contribution is 2.22. The smallest absolute Gasteiger partial charge is 0.225 e. The zero-order valence-corrected chi connectivity index (χ0v) is 12.6. The third-order valence-corrected chi connectivity index (χ3v) is 3.99. The monoisotopic (exact) mass is 318 g/mol. The standard InChI is InChI=1S/C12H19BrN2OS/c1-8(2)5-9(7-14)15-12(16)6-10-3-4-11(13)17-10/h3-4,8-9H,5-7,14H2,1-2H3,(H,15,16). The van der Waals surface area contributed by atoms with E-state index in [1.807, 2.05) is 12.1 Å². The van der Waals surface area contributed by atoms with Gasteiger partial charge in [0.05, 0.1) is 10.2 Å². The number of nitrogens with one attached hydrogen (secondary N) is 1. The molecule has 3 N–H and O–H groups in total. The molecular weight excluding hydrogens is 300 g/mol. The van der Waals surface area contributed by atoms with Gasteiger partial charge in [0.25, 0.3) is 0 Å². The Balaban J connectivity index is 2.42. The summed E-state index contributed by atoms with van der Waals surface area (Å²) in [5.74, 6) is 0.593. The molecule has 3 nitrogen and oxygen atoms in total. The number of carbonyl (C=O) groups is 1. The Kier molecular flexibility index (Phi) is 6.16. The van der Waals surface area contributed by atoms with Crippen molar-refractivity contribution < 1.29 is 4.79 Å².